The standard InChI is InChI=1S/C72H140O6/c1-5-9-12-15-18-21-24-27-30-33-36-39-42-45-48-51-54-57-60-63-69(73)77-67-72(8-4,66-71(75)76-65-62-59-56-53-50-47-44-41-38-35-32-29-26-23-20-17-14-11-7-3)68-78-70(74)64-61-58-55-52-49-46-43-40-37-34-31-28-25-22-19-16-13-10-6-2/h5-68H2,1-4H3. The minimum atomic E-state index is -0.781. The number of unbranched alkanes of at least 4 members (excludes halogenated alkanes) is 54. The maximum atomic E-state index is 13.3. The summed E-state index contributed by atoms with van der Waals surface area (Å²) in [6, 6.07) is 0. The molecule has 0 aromatic rings. The molecule has 0 spiro atoms. The summed E-state index contributed by atoms with van der Waals surface area (Å²) in [6.45, 7) is 9.43. The second-order valence-electron chi connectivity index (χ2n) is 25.2. The summed E-state index contributed by atoms with van der Waals surface area (Å²) in [4.78, 5) is 39.4. The predicted octanol–water partition coefficient (Wildman–Crippen LogP) is 24.5. The van der Waals surface area contributed by atoms with Crippen molar-refractivity contribution in [2.45, 2.75) is 419 Å². The molecule has 0 bridgehead atoms. The van der Waals surface area contributed by atoms with Gasteiger partial charge in [-0.1, -0.05) is 374 Å². The van der Waals surface area contributed by atoms with Crippen LogP contribution < -0.4 is 0 Å². The van der Waals surface area contributed by atoms with Gasteiger partial charge < -0.3 is 14.2 Å². The van der Waals surface area contributed by atoms with Crippen molar-refractivity contribution in [2.24, 2.45) is 5.41 Å². The van der Waals surface area contributed by atoms with E-state index in [0.29, 0.717) is 25.9 Å². The molecule has 6 heteroatoms. The van der Waals surface area contributed by atoms with Gasteiger partial charge in [-0.15, -0.1) is 0 Å². The molecule has 6 nitrogen and oxygen atoms in total. The van der Waals surface area contributed by atoms with Gasteiger partial charge in [0, 0.05) is 18.3 Å². The zero-order valence-electron chi connectivity index (χ0n) is 53.7. The van der Waals surface area contributed by atoms with Crippen LogP contribution in [0.1, 0.15) is 419 Å². The fourth-order valence-corrected chi connectivity index (χ4v) is 11.5. The molecule has 0 saturated carbocycles. The normalized spacial score (nSPS) is 11.7. The third kappa shape index (κ3) is 59.0. The summed E-state index contributed by atoms with van der Waals surface area (Å²) in [6.07, 6.45) is 76.9. The van der Waals surface area contributed by atoms with Crippen LogP contribution in [0.15, 0.2) is 0 Å². The lowest BCUT2D eigenvalue weighted by molar-refractivity contribution is -0.162. The molecule has 0 fully saturated rings. The van der Waals surface area contributed by atoms with Crippen molar-refractivity contribution in [3.63, 3.8) is 0 Å². The summed E-state index contributed by atoms with van der Waals surface area (Å²) in [7, 11) is 0. The van der Waals surface area contributed by atoms with Crippen molar-refractivity contribution in [1.82, 2.24) is 0 Å². The molecule has 0 N–H and O–H groups in total. The van der Waals surface area contributed by atoms with Gasteiger partial charge in [0.2, 0.25) is 0 Å². The van der Waals surface area contributed by atoms with Crippen LogP contribution in [0.3, 0.4) is 0 Å². The highest BCUT2D eigenvalue weighted by molar-refractivity contribution is 5.72. The number of hydrogen-bond donors (Lipinski definition) is 0. The van der Waals surface area contributed by atoms with E-state index in [1.807, 2.05) is 6.92 Å². The summed E-state index contributed by atoms with van der Waals surface area (Å²) in [5.74, 6) is -0.728. The molecule has 0 aliphatic heterocycles. The van der Waals surface area contributed by atoms with Crippen molar-refractivity contribution in [1.29, 1.82) is 0 Å². The molecule has 0 atom stereocenters. The Morgan fingerprint density at radius 2 is 0.423 bits per heavy atom. The maximum Gasteiger partial charge on any atom is 0.306 e. The minimum absolute atomic E-state index is 0.0718. The second-order valence-corrected chi connectivity index (χ2v) is 25.2. The Labute approximate surface area is 488 Å². The first-order valence-corrected chi connectivity index (χ1v) is 35.9. The molecule has 0 radical (unpaired) electrons. The Morgan fingerprint density at radius 1 is 0.231 bits per heavy atom. The van der Waals surface area contributed by atoms with E-state index < -0.39 is 5.41 Å². The lowest BCUT2D eigenvalue weighted by Gasteiger charge is -2.30. The van der Waals surface area contributed by atoms with Gasteiger partial charge in [0.15, 0.2) is 0 Å². The van der Waals surface area contributed by atoms with Gasteiger partial charge in [0.25, 0.3) is 0 Å². The first-order chi connectivity index (χ1) is 38.4. The van der Waals surface area contributed by atoms with Crippen LogP contribution >= 0.6 is 0 Å². The molecule has 78 heavy (non-hydrogen) atoms. The lowest BCUT2D eigenvalue weighted by atomic mass is 9.83. The number of ether oxygens (including phenoxy) is 3. The predicted molar refractivity (Wildman–Crippen MR) is 340 cm³/mol. The third-order valence-electron chi connectivity index (χ3n) is 17.3. The van der Waals surface area contributed by atoms with E-state index in [2.05, 4.69) is 20.8 Å². The Bertz CT molecular complexity index is 1140. The first-order valence-electron chi connectivity index (χ1n) is 35.9. The molecule has 0 aromatic carbocycles. The van der Waals surface area contributed by atoms with Gasteiger partial charge in [-0.2, -0.15) is 0 Å². The summed E-state index contributed by atoms with van der Waals surface area (Å²) < 4.78 is 17.5. The Kier molecular flexibility index (Phi) is 63.3. The zero-order valence-corrected chi connectivity index (χ0v) is 53.7. The molecule has 0 saturated heterocycles. The van der Waals surface area contributed by atoms with Crippen molar-refractivity contribution in [3.8, 4) is 0 Å². The molecule has 464 valence electrons. The van der Waals surface area contributed by atoms with Crippen LogP contribution in [0, 0.1) is 5.41 Å². The van der Waals surface area contributed by atoms with Crippen LogP contribution in [-0.2, 0) is 28.6 Å². The highest BCUT2D eigenvalue weighted by Gasteiger charge is 2.35. The van der Waals surface area contributed by atoms with E-state index in [0.717, 1.165) is 51.4 Å². The fraction of sp³-hybridized carbons (Fsp3) is 0.958. The number of carbonyl (C=O) groups excluding carboxylic acids is 3. The highest BCUT2D eigenvalue weighted by atomic mass is 16.6. The smallest absolute Gasteiger partial charge is 0.306 e. The van der Waals surface area contributed by atoms with Crippen molar-refractivity contribution < 1.29 is 28.6 Å². The monoisotopic (exact) mass is 1100 g/mol. The van der Waals surface area contributed by atoms with Crippen molar-refractivity contribution in [2.75, 3.05) is 19.8 Å². The topological polar surface area (TPSA) is 78.9 Å². The quantitative estimate of drug-likeness (QED) is 0.0343. The van der Waals surface area contributed by atoms with Crippen LogP contribution in [0.2, 0.25) is 0 Å². The fourth-order valence-electron chi connectivity index (χ4n) is 11.5. The van der Waals surface area contributed by atoms with Gasteiger partial charge in [0.05, 0.1) is 13.0 Å². The van der Waals surface area contributed by atoms with Gasteiger partial charge in [0.1, 0.15) is 13.2 Å². The Balaban J connectivity index is 4.47. The van der Waals surface area contributed by atoms with E-state index in [-0.39, 0.29) is 37.5 Å². The van der Waals surface area contributed by atoms with Gasteiger partial charge in [-0.3, -0.25) is 14.4 Å². The molecule has 0 unspecified atom stereocenters. The minimum Gasteiger partial charge on any atom is -0.466 e. The van der Waals surface area contributed by atoms with E-state index in [4.69, 9.17) is 14.2 Å². The van der Waals surface area contributed by atoms with Gasteiger partial charge in [-0.05, 0) is 25.7 Å². The summed E-state index contributed by atoms with van der Waals surface area (Å²) >= 11 is 0. The maximum absolute atomic E-state index is 13.3. The van der Waals surface area contributed by atoms with E-state index in [1.165, 1.54) is 315 Å². The molecule has 0 aliphatic rings. The average molecular weight is 1100 g/mol. The van der Waals surface area contributed by atoms with E-state index >= 15 is 0 Å². The SMILES string of the molecule is CCCCCCCCCCCCCCCCCCCCCOC(=O)CC(CC)(COC(=O)CCCCCCCCCCCCCCCCCCCCC)COC(=O)CCCCCCCCCCCCCCCCCCCCC. The lowest BCUT2D eigenvalue weighted by Crippen LogP contribution is -2.36. The van der Waals surface area contributed by atoms with E-state index in [1.54, 1.807) is 0 Å². The largest absolute Gasteiger partial charge is 0.466 e. The van der Waals surface area contributed by atoms with Gasteiger partial charge in [-0.25, -0.2) is 0 Å². The van der Waals surface area contributed by atoms with Crippen LogP contribution in [0.25, 0.3) is 0 Å². The molecule has 0 amide bonds. The Morgan fingerprint density at radius 3 is 0.628 bits per heavy atom. The van der Waals surface area contributed by atoms with Gasteiger partial charge >= 0.3 is 17.9 Å². The van der Waals surface area contributed by atoms with E-state index in [9.17, 15) is 14.4 Å². The Hall–Kier alpha value is -1.59. The third-order valence-corrected chi connectivity index (χ3v) is 17.3. The van der Waals surface area contributed by atoms with Crippen molar-refractivity contribution >= 4 is 17.9 Å². The molecular weight excluding hydrogens is 961 g/mol. The van der Waals surface area contributed by atoms with Crippen LogP contribution in [-0.4, -0.2) is 37.7 Å². The number of rotatable bonds is 67. The zero-order chi connectivity index (χ0) is 56.6. The number of carbonyl (C=O) groups is 3. The molecule has 0 rings (SSSR count). The molecule has 0 aromatic heterocycles. The first kappa shape index (κ1) is 76.4. The molecular formula is C72H140O6. The average Bonchev–Trinajstić information content (AvgIpc) is 3.45. The molecule has 0 heterocycles. The second kappa shape index (κ2) is 64.6. The molecule has 0 aliphatic carbocycles. The van der Waals surface area contributed by atoms with Crippen LogP contribution in [0.4, 0.5) is 0 Å². The van der Waals surface area contributed by atoms with Crippen LogP contribution in [0.5, 0.6) is 0 Å². The number of esters is 3. The summed E-state index contributed by atoms with van der Waals surface area (Å²) in [5.41, 5.74) is -0.781. The highest BCUT2D eigenvalue weighted by Crippen LogP contribution is 2.30. The number of hydrogen-bond acceptors (Lipinski definition) is 6. The van der Waals surface area contributed by atoms with Crippen molar-refractivity contribution in [3.05, 3.63) is 0 Å². The summed E-state index contributed by atoms with van der Waals surface area (Å²) in [5, 5.41) is 0.